The summed E-state index contributed by atoms with van der Waals surface area (Å²) in [6.45, 7) is 0. The smallest absolute Gasteiger partial charge is 0.220 e. The van der Waals surface area contributed by atoms with Gasteiger partial charge in [-0.15, -0.1) is 0 Å². The average Bonchev–Trinajstić information content (AvgIpc) is 2.47. The molecule has 2 rings (SSSR count). The van der Waals surface area contributed by atoms with Gasteiger partial charge in [0.05, 0.1) is 16.9 Å². The first-order valence-corrected chi connectivity index (χ1v) is 8.29. The standard InChI is InChI=1S/C14H18N4OS/c1-20(19)14-16-10-11(6-5-9-15)13(18-14)17-12-7-3-2-4-8-12/h5-6,10,12H,2-4,7-8H2,1H3,(H,16,17,18)/b6-5+. The molecular formula is C14H18N4OS. The van der Waals surface area contributed by atoms with Crippen LogP contribution < -0.4 is 5.32 Å². The van der Waals surface area contributed by atoms with E-state index < -0.39 is 10.8 Å². The number of rotatable bonds is 4. The molecule has 1 aliphatic rings. The van der Waals surface area contributed by atoms with E-state index in [1.54, 1.807) is 18.5 Å². The lowest BCUT2D eigenvalue weighted by molar-refractivity contribution is 0.461. The Kier molecular flexibility index (Phi) is 5.24. The molecule has 1 aromatic rings. The second-order valence-electron chi connectivity index (χ2n) is 4.85. The van der Waals surface area contributed by atoms with Gasteiger partial charge >= 0.3 is 0 Å². The third-order valence-electron chi connectivity index (χ3n) is 3.34. The van der Waals surface area contributed by atoms with Crippen molar-refractivity contribution in [2.45, 2.75) is 43.3 Å². The molecule has 5 nitrogen and oxygen atoms in total. The lowest BCUT2D eigenvalue weighted by atomic mass is 9.95. The maximum absolute atomic E-state index is 11.5. The number of hydrogen-bond acceptors (Lipinski definition) is 5. The Bertz CT molecular complexity index is 559. The SMILES string of the molecule is CS(=O)c1ncc(/C=C/C#N)c(NC2CCCCC2)n1. The van der Waals surface area contributed by atoms with Crippen molar-refractivity contribution >= 4 is 22.7 Å². The summed E-state index contributed by atoms with van der Waals surface area (Å²) in [7, 11) is -1.21. The zero-order chi connectivity index (χ0) is 14.4. The number of allylic oxidation sites excluding steroid dienone is 1. The fourth-order valence-electron chi connectivity index (χ4n) is 2.32. The number of nitrogens with zero attached hydrogens (tertiary/aromatic N) is 3. The molecule has 0 radical (unpaired) electrons. The van der Waals surface area contributed by atoms with Crippen molar-refractivity contribution in [3.8, 4) is 6.07 Å². The van der Waals surface area contributed by atoms with Crippen molar-refractivity contribution in [3.05, 3.63) is 17.8 Å². The summed E-state index contributed by atoms with van der Waals surface area (Å²) < 4.78 is 11.5. The Hall–Kier alpha value is -1.74. The number of aromatic nitrogens is 2. The molecule has 106 valence electrons. The lowest BCUT2D eigenvalue weighted by Gasteiger charge is -2.24. The van der Waals surface area contributed by atoms with Crippen LogP contribution in [0.5, 0.6) is 0 Å². The monoisotopic (exact) mass is 290 g/mol. The second kappa shape index (κ2) is 7.15. The Labute approximate surface area is 121 Å². The number of nitrogens with one attached hydrogen (secondary N) is 1. The van der Waals surface area contributed by atoms with Gasteiger partial charge in [0.1, 0.15) is 5.82 Å². The Morgan fingerprint density at radius 1 is 1.45 bits per heavy atom. The van der Waals surface area contributed by atoms with Crippen molar-refractivity contribution in [1.29, 1.82) is 5.26 Å². The zero-order valence-corrected chi connectivity index (χ0v) is 12.3. The molecule has 0 amide bonds. The van der Waals surface area contributed by atoms with Crippen LogP contribution in [-0.2, 0) is 10.8 Å². The number of hydrogen-bond donors (Lipinski definition) is 1. The van der Waals surface area contributed by atoms with Crippen LogP contribution in [0, 0.1) is 11.3 Å². The summed E-state index contributed by atoms with van der Waals surface area (Å²) in [5.41, 5.74) is 0.756. The van der Waals surface area contributed by atoms with Crippen molar-refractivity contribution in [1.82, 2.24) is 9.97 Å². The van der Waals surface area contributed by atoms with Gasteiger partial charge in [0.2, 0.25) is 5.16 Å². The van der Waals surface area contributed by atoms with Gasteiger partial charge in [-0.25, -0.2) is 9.97 Å². The van der Waals surface area contributed by atoms with E-state index in [0.717, 1.165) is 18.4 Å². The minimum Gasteiger partial charge on any atom is -0.367 e. The first-order chi connectivity index (χ1) is 9.70. The van der Waals surface area contributed by atoms with Gasteiger partial charge in [-0.2, -0.15) is 5.26 Å². The van der Waals surface area contributed by atoms with Crippen molar-refractivity contribution in [2.75, 3.05) is 11.6 Å². The van der Waals surface area contributed by atoms with Crippen LogP contribution in [-0.4, -0.2) is 26.5 Å². The Balaban J connectivity index is 2.25. The Morgan fingerprint density at radius 3 is 2.85 bits per heavy atom. The zero-order valence-electron chi connectivity index (χ0n) is 11.5. The molecule has 1 fully saturated rings. The highest BCUT2D eigenvalue weighted by Gasteiger charge is 2.16. The number of nitriles is 1. The van der Waals surface area contributed by atoms with Gasteiger partial charge in [-0.1, -0.05) is 19.3 Å². The molecule has 1 N–H and O–H groups in total. The van der Waals surface area contributed by atoms with Gasteiger partial charge in [-0.3, -0.25) is 4.21 Å². The molecule has 6 heteroatoms. The van der Waals surface area contributed by atoms with E-state index in [-0.39, 0.29) is 0 Å². The third kappa shape index (κ3) is 3.87. The van der Waals surface area contributed by atoms with Crippen LogP contribution in [0.1, 0.15) is 37.7 Å². The van der Waals surface area contributed by atoms with Gasteiger partial charge in [-0.05, 0) is 18.9 Å². The summed E-state index contributed by atoms with van der Waals surface area (Å²) in [6, 6.07) is 2.36. The molecule has 0 spiro atoms. The first-order valence-electron chi connectivity index (χ1n) is 6.74. The molecule has 20 heavy (non-hydrogen) atoms. The summed E-state index contributed by atoms with van der Waals surface area (Å²) in [5.74, 6) is 0.670. The maximum atomic E-state index is 11.5. The van der Waals surface area contributed by atoms with E-state index >= 15 is 0 Å². The fraction of sp³-hybridized carbons (Fsp3) is 0.500. The van der Waals surface area contributed by atoms with E-state index in [9.17, 15) is 4.21 Å². The largest absolute Gasteiger partial charge is 0.367 e. The molecule has 1 aromatic heterocycles. The maximum Gasteiger partial charge on any atom is 0.220 e. The quantitative estimate of drug-likeness (QED) is 0.681. The van der Waals surface area contributed by atoms with E-state index in [1.807, 2.05) is 6.07 Å². The minimum atomic E-state index is -1.21. The summed E-state index contributed by atoms with van der Waals surface area (Å²) in [5, 5.41) is 12.4. The van der Waals surface area contributed by atoms with Crippen molar-refractivity contribution in [2.24, 2.45) is 0 Å². The highest BCUT2D eigenvalue weighted by Crippen LogP contribution is 2.23. The molecule has 0 saturated heterocycles. The normalized spacial score (nSPS) is 17.8. The molecule has 1 aliphatic carbocycles. The summed E-state index contributed by atoms with van der Waals surface area (Å²) in [6.07, 6.45) is 12.2. The van der Waals surface area contributed by atoms with Crippen LogP contribution in [0.25, 0.3) is 6.08 Å². The first kappa shape index (κ1) is 14.7. The van der Waals surface area contributed by atoms with Crippen molar-refractivity contribution < 1.29 is 4.21 Å². The number of anilines is 1. The predicted molar refractivity (Wildman–Crippen MR) is 79.5 cm³/mol. The fourth-order valence-corrected chi connectivity index (χ4v) is 2.74. The van der Waals surface area contributed by atoms with E-state index in [1.165, 1.54) is 25.3 Å². The van der Waals surface area contributed by atoms with Crippen molar-refractivity contribution in [3.63, 3.8) is 0 Å². The van der Waals surface area contributed by atoms with Crippen LogP contribution in [0.2, 0.25) is 0 Å². The topological polar surface area (TPSA) is 78.7 Å². The van der Waals surface area contributed by atoms with Crippen LogP contribution in [0.15, 0.2) is 17.4 Å². The molecule has 1 atom stereocenters. The van der Waals surface area contributed by atoms with Gasteiger partial charge in [0, 0.05) is 30.1 Å². The Morgan fingerprint density at radius 2 is 2.20 bits per heavy atom. The predicted octanol–water partition coefficient (Wildman–Crippen LogP) is 2.50. The molecule has 1 unspecified atom stereocenters. The summed E-state index contributed by atoms with van der Waals surface area (Å²) >= 11 is 0. The molecular weight excluding hydrogens is 272 g/mol. The van der Waals surface area contributed by atoms with Crippen LogP contribution in [0.3, 0.4) is 0 Å². The minimum absolute atomic E-state index is 0.317. The van der Waals surface area contributed by atoms with Gasteiger partial charge in [0.25, 0.3) is 0 Å². The lowest BCUT2D eigenvalue weighted by Crippen LogP contribution is -2.23. The molecule has 1 heterocycles. The average molecular weight is 290 g/mol. The van der Waals surface area contributed by atoms with Crippen LogP contribution >= 0.6 is 0 Å². The third-order valence-corrected chi connectivity index (χ3v) is 4.05. The molecule has 1 saturated carbocycles. The summed E-state index contributed by atoms with van der Waals surface area (Å²) in [4.78, 5) is 8.41. The van der Waals surface area contributed by atoms with E-state index in [0.29, 0.717) is 17.0 Å². The van der Waals surface area contributed by atoms with Gasteiger partial charge < -0.3 is 5.32 Å². The van der Waals surface area contributed by atoms with Gasteiger partial charge in [0.15, 0.2) is 0 Å². The van der Waals surface area contributed by atoms with E-state index in [2.05, 4.69) is 15.3 Å². The molecule has 0 aromatic carbocycles. The molecule has 0 bridgehead atoms. The highest BCUT2D eigenvalue weighted by molar-refractivity contribution is 7.84. The second-order valence-corrected chi connectivity index (χ2v) is 6.13. The van der Waals surface area contributed by atoms with E-state index in [4.69, 9.17) is 5.26 Å². The molecule has 0 aliphatic heterocycles. The highest BCUT2D eigenvalue weighted by atomic mass is 32.2. The van der Waals surface area contributed by atoms with Crippen LogP contribution in [0.4, 0.5) is 5.82 Å².